The second kappa shape index (κ2) is 9.03. The van der Waals surface area contributed by atoms with Crippen molar-refractivity contribution >= 4 is 17.5 Å². The molecule has 3 rings (SSSR count). The fourth-order valence-corrected chi connectivity index (χ4v) is 3.41. The predicted octanol–water partition coefficient (Wildman–Crippen LogP) is 4.25. The van der Waals surface area contributed by atoms with Crippen LogP contribution in [-0.2, 0) is 0 Å². The minimum atomic E-state index is -0.140. The summed E-state index contributed by atoms with van der Waals surface area (Å²) in [5.74, 6) is 1.49. The lowest BCUT2D eigenvalue weighted by atomic mass is 9.92. The molecule has 146 valence electrons. The maximum atomic E-state index is 12.4. The number of halogens is 1. The van der Waals surface area contributed by atoms with E-state index in [1.54, 1.807) is 30.6 Å². The lowest BCUT2D eigenvalue weighted by Gasteiger charge is -2.29. The van der Waals surface area contributed by atoms with Gasteiger partial charge in [0.05, 0.1) is 22.3 Å². The van der Waals surface area contributed by atoms with Gasteiger partial charge in [-0.25, -0.2) is 9.97 Å². The summed E-state index contributed by atoms with van der Waals surface area (Å²) in [7, 11) is 0. The molecule has 7 heteroatoms. The molecule has 2 aromatic rings. The highest BCUT2D eigenvalue weighted by Crippen LogP contribution is 2.27. The molecule has 0 spiro atoms. The largest absolute Gasteiger partial charge is 0.490 e. The Kier molecular flexibility index (Phi) is 6.48. The molecule has 1 aromatic carbocycles. The van der Waals surface area contributed by atoms with Crippen molar-refractivity contribution in [2.75, 3.05) is 0 Å². The van der Waals surface area contributed by atoms with E-state index in [-0.39, 0.29) is 24.0 Å². The number of ether oxygens (including phenoxy) is 1. The summed E-state index contributed by atoms with van der Waals surface area (Å²) in [6.45, 7) is 4.03. The zero-order chi connectivity index (χ0) is 20.1. The van der Waals surface area contributed by atoms with Gasteiger partial charge in [-0.1, -0.05) is 25.4 Å². The van der Waals surface area contributed by atoms with Crippen LogP contribution in [0.5, 0.6) is 5.75 Å². The number of nitriles is 1. The summed E-state index contributed by atoms with van der Waals surface area (Å²) in [5.41, 5.74) is 0.917. The Morgan fingerprint density at radius 2 is 1.93 bits per heavy atom. The Morgan fingerprint density at radius 1 is 1.25 bits per heavy atom. The molecule has 1 amide bonds. The molecular weight excluding hydrogens is 376 g/mol. The predicted molar refractivity (Wildman–Crippen MR) is 106 cm³/mol. The van der Waals surface area contributed by atoms with Crippen LogP contribution in [0.2, 0.25) is 5.02 Å². The molecule has 0 unspecified atom stereocenters. The van der Waals surface area contributed by atoms with Gasteiger partial charge in [0.25, 0.3) is 5.91 Å². The lowest BCUT2D eigenvalue weighted by Crippen LogP contribution is -2.39. The van der Waals surface area contributed by atoms with Gasteiger partial charge < -0.3 is 10.1 Å². The van der Waals surface area contributed by atoms with Gasteiger partial charge in [-0.3, -0.25) is 4.79 Å². The number of hydrogen-bond donors (Lipinski definition) is 1. The van der Waals surface area contributed by atoms with Crippen molar-refractivity contribution in [2.24, 2.45) is 0 Å². The summed E-state index contributed by atoms with van der Waals surface area (Å²) < 4.78 is 5.98. The molecule has 0 bridgehead atoms. The van der Waals surface area contributed by atoms with Gasteiger partial charge in [0.1, 0.15) is 17.6 Å². The molecule has 0 aliphatic heterocycles. The molecule has 0 saturated heterocycles. The van der Waals surface area contributed by atoms with Gasteiger partial charge in [-0.15, -0.1) is 0 Å². The molecule has 1 aromatic heterocycles. The molecule has 1 fully saturated rings. The quantitative estimate of drug-likeness (QED) is 0.813. The first-order valence-electron chi connectivity index (χ1n) is 9.45. The fourth-order valence-electron chi connectivity index (χ4n) is 3.20. The van der Waals surface area contributed by atoms with Gasteiger partial charge in [-0.05, 0) is 37.8 Å². The number of rotatable bonds is 5. The fraction of sp³-hybridized carbons (Fsp3) is 0.429. The van der Waals surface area contributed by atoms with E-state index >= 15 is 0 Å². The third-order valence-corrected chi connectivity index (χ3v) is 5.14. The van der Waals surface area contributed by atoms with Crippen LogP contribution < -0.4 is 10.1 Å². The summed E-state index contributed by atoms with van der Waals surface area (Å²) in [4.78, 5) is 20.9. The van der Waals surface area contributed by atoms with E-state index in [1.807, 2.05) is 19.9 Å². The number of amides is 1. The highest BCUT2D eigenvalue weighted by molar-refractivity contribution is 6.31. The van der Waals surface area contributed by atoms with E-state index in [4.69, 9.17) is 21.6 Å². The van der Waals surface area contributed by atoms with Crippen LogP contribution in [0.15, 0.2) is 30.6 Å². The van der Waals surface area contributed by atoms with Crippen molar-refractivity contribution in [1.82, 2.24) is 15.3 Å². The second-order valence-electron chi connectivity index (χ2n) is 7.30. The maximum Gasteiger partial charge on any atom is 0.254 e. The molecule has 0 atom stereocenters. The first kappa shape index (κ1) is 20.1. The number of aromatic nitrogens is 2. The van der Waals surface area contributed by atoms with Crippen LogP contribution in [0.4, 0.5) is 0 Å². The third-order valence-electron chi connectivity index (χ3n) is 4.82. The average molecular weight is 399 g/mol. The molecule has 6 nitrogen and oxygen atoms in total. The van der Waals surface area contributed by atoms with Crippen molar-refractivity contribution < 1.29 is 9.53 Å². The van der Waals surface area contributed by atoms with Gasteiger partial charge in [0.2, 0.25) is 0 Å². The van der Waals surface area contributed by atoms with Gasteiger partial charge in [0, 0.05) is 30.4 Å². The Labute approximate surface area is 169 Å². The molecule has 1 saturated carbocycles. The first-order valence-corrected chi connectivity index (χ1v) is 9.83. The molecule has 1 aliphatic carbocycles. The molecule has 1 aliphatic rings. The standard InChI is InChI=1S/C21H23ClN4O2/c1-13(2)20-24-11-15(12-25-20)21(27)26-16-4-7-17(8-5-16)28-18-6-3-14(10-23)19(22)9-18/h3,6,9,11-13,16-17H,4-5,7-8H2,1-2H3,(H,26,27)/t16-,17+. The SMILES string of the molecule is CC(C)c1ncc(C(=O)N[C@H]2CC[C@@H](Oc3ccc(C#N)c(Cl)c3)CC2)cn1. The number of nitrogens with one attached hydrogen (secondary N) is 1. The van der Waals surface area contributed by atoms with Crippen LogP contribution >= 0.6 is 11.6 Å². The van der Waals surface area contributed by atoms with Crippen LogP contribution in [-0.4, -0.2) is 28.0 Å². The van der Waals surface area contributed by atoms with Crippen molar-refractivity contribution in [1.29, 1.82) is 5.26 Å². The molecule has 1 heterocycles. The Balaban J connectivity index is 1.49. The summed E-state index contributed by atoms with van der Waals surface area (Å²) in [5, 5.41) is 12.4. The van der Waals surface area contributed by atoms with Gasteiger partial charge in [-0.2, -0.15) is 5.26 Å². The van der Waals surface area contributed by atoms with E-state index in [0.717, 1.165) is 31.5 Å². The van der Waals surface area contributed by atoms with Crippen molar-refractivity contribution in [3.05, 3.63) is 52.6 Å². The van der Waals surface area contributed by atoms with E-state index in [1.165, 1.54) is 0 Å². The molecule has 0 radical (unpaired) electrons. The highest BCUT2D eigenvalue weighted by atomic mass is 35.5. The minimum absolute atomic E-state index is 0.0748. The summed E-state index contributed by atoms with van der Waals surface area (Å²) >= 11 is 6.05. The Morgan fingerprint density at radius 3 is 2.50 bits per heavy atom. The number of hydrogen-bond acceptors (Lipinski definition) is 5. The van der Waals surface area contributed by atoms with Crippen molar-refractivity contribution in [3.8, 4) is 11.8 Å². The van der Waals surface area contributed by atoms with Gasteiger partial charge >= 0.3 is 0 Å². The van der Waals surface area contributed by atoms with Crippen molar-refractivity contribution in [3.63, 3.8) is 0 Å². The summed E-state index contributed by atoms with van der Waals surface area (Å²) in [6, 6.07) is 7.25. The zero-order valence-electron chi connectivity index (χ0n) is 16.0. The van der Waals surface area contributed by atoms with E-state index in [2.05, 4.69) is 15.3 Å². The molecule has 1 N–H and O–H groups in total. The minimum Gasteiger partial charge on any atom is -0.490 e. The number of benzene rings is 1. The third kappa shape index (κ3) is 4.99. The Hall–Kier alpha value is -2.65. The monoisotopic (exact) mass is 398 g/mol. The topological polar surface area (TPSA) is 87.9 Å². The van der Waals surface area contributed by atoms with E-state index in [0.29, 0.717) is 21.9 Å². The first-order chi connectivity index (χ1) is 13.5. The lowest BCUT2D eigenvalue weighted by molar-refractivity contribution is 0.0893. The van der Waals surface area contributed by atoms with Crippen LogP contribution in [0.3, 0.4) is 0 Å². The van der Waals surface area contributed by atoms with Crippen LogP contribution in [0.1, 0.15) is 67.2 Å². The number of nitrogens with zero attached hydrogens (tertiary/aromatic N) is 3. The normalized spacial score (nSPS) is 19.1. The summed E-state index contributed by atoms with van der Waals surface area (Å²) in [6.07, 6.45) is 6.60. The second-order valence-corrected chi connectivity index (χ2v) is 7.71. The molecule has 28 heavy (non-hydrogen) atoms. The number of carbonyl (C=O) groups is 1. The van der Waals surface area contributed by atoms with E-state index in [9.17, 15) is 4.79 Å². The van der Waals surface area contributed by atoms with Crippen LogP contribution in [0, 0.1) is 11.3 Å². The van der Waals surface area contributed by atoms with Crippen LogP contribution in [0.25, 0.3) is 0 Å². The van der Waals surface area contributed by atoms with Gasteiger partial charge in [0.15, 0.2) is 0 Å². The van der Waals surface area contributed by atoms with Crippen molar-refractivity contribution in [2.45, 2.75) is 57.6 Å². The maximum absolute atomic E-state index is 12.4. The number of carbonyl (C=O) groups excluding carboxylic acids is 1. The zero-order valence-corrected chi connectivity index (χ0v) is 16.7. The molecular formula is C21H23ClN4O2. The Bertz CT molecular complexity index is 869. The van der Waals surface area contributed by atoms with E-state index < -0.39 is 0 Å². The smallest absolute Gasteiger partial charge is 0.254 e. The highest BCUT2D eigenvalue weighted by Gasteiger charge is 2.24. The average Bonchev–Trinajstić information content (AvgIpc) is 2.69.